The summed E-state index contributed by atoms with van der Waals surface area (Å²) in [4.78, 5) is 52.2. The van der Waals surface area contributed by atoms with E-state index in [0.717, 1.165) is 11.3 Å². The molecule has 1 aromatic heterocycles. The highest BCUT2D eigenvalue weighted by atomic mass is 32.2. The van der Waals surface area contributed by atoms with Gasteiger partial charge in [0, 0.05) is 27.2 Å². The first-order chi connectivity index (χ1) is 21.7. The number of nitrogens with one attached hydrogen (secondary N) is 3. The van der Waals surface area contributed by atoms with Crippen molar-refractivity contribution in [2.45, 2.75) is 24.0 Å². The number of fused-ring (bicyclic) bond motifs is 1. The van der Waals surface area contributed by atoms with Gasteiger partial charge in [-0.2, -0.15) is 5.26 Å². The van der Waals surface area contributed by atoms with Crippen LogP contribution < -0.4 is 16.0 Å². The fourth-order valence-electron chi connectivity index (χ4n) is 4.69. The molecule has 9 nitrogen and oxygen atoms in total. The molecular weight excluding hydrogens is 609 g/mol. The zero-order valence-electron chi connectivity index (χ0n) is 24.1. The van der Waals surface area contributed by atoms with Gasteiger partial charge in [0.05, 0.1) is 21.3 Å². The maximum atomic E-state index is 13.3. The molecule has 1 heterocycles. The maximum absolute atomic E-state index is 13.3. The van der Waals surface area contributed by atoms with Gasteiger partial charge in [0.2, 0.25) is 5.91 Å². The predicted octanol–water partition coefficient (Wildman–Crippen LogP) is 7.40. The van der Waals surface area contributed by atoms with Gasteiger partial charge in [-0.15, -0.1) is 23.1 Å². The predicted molar refractivity (Wildman–Crippen MR) is 177 cm³/mol. The molecule has 0 fully saturated rings. The van der Waals surface area contributed by atoms with Crippen LogP contribution in [0.4, 0.5) is 16.4 Å². The van der Waals surface area contributed by atoms with Gasteiger partial charge in [-0.25, -0.2) is 4.79 Å². The molecule has 0 radical (unpaired) electrons. The molecule has 11 heteroatoms. The first kappa shape index (κ1) is 31.0. The number of benzene rings is 4. The molecule has 0 saturated carbocycles. The number of hydrogen-bond donors (Lipinski definition) is 4. The summed E-state index contributed by atoms with van der Waals surface area (Å²) in [5.41, 5.74) is 2.06. The van der Waals surface area contributed by atoms with E-state index in [2.05, 4.69) is 22.0 Å². The van der Waals surface area contributed by atoms with Crippen LogP contribution in [-0.2, 0) is 4.79 Å². The molecule has 5 rings (SSSR count). The number of thioether (sulfide) groups is 1. The van der Waals surface area contributed by atoms with Crippen molar-refractivity contribution < 1.29 is 24.3 Å². The van der Waals surface area contributed by atoms with Crippen molar-refractivity contribution >= 4 is 73.9 Å². The average Bonchev–Trinajstić information content (AvgIpc) is 3.35. The lowest BCUT2D eigenvalue weighted by Gasteiger charge is -2.13. The SMILES string of the molecule is Cc1c(C(=O)Nc2ccccc2)sc(NC(=O)C(C)Sc2cccc(NC(=O)c3cccc4cccc(C(=O)O)c34)c2)c1C#N. The number of nitrogens with zero attached hydrogens (tertiary/aromatic N) is 1. The number of thiophene rings is 1. The number of carbonyl (C=O) groups is 4. The van der Waals surface area contributed by atoms with Crippen LogP contribution in [0, 0.1) is 18.3 Å². The number of amides is 3. The highest BCUT2D eigenvalue weighted by molar-refractivity contribution is 8.00. The molecule has 0 aliphatic rings. The van der Waals surface area contributed by atoms with Gasteiger partial charge < -0.3 is 21.1 Å². The Labute approximate surface area is 266 Å². The van der Waals surface area contributed by atoms with Crippen molar-refractivity contribution in [3.63, 3.8) is 0 Å². The zero-order chi connectivity index (χ0) is 32.1. The van der Waals surface area contributed by atoms with Crippen LogP contribution in [0.25, 0.3) is 10.8 Å². The number of carboxylic acid groups (broad SMARTS) is 1. The summed E-state index contributed by atoms with van der Waals surface area (Å²) in [6, 6.07) is 27.9. The molecule has 45 heavy (non-hydrogen) atoms. The highest BCUT2D eigenvalue weighted by Gasteiger charge is 2.24. The van der Waals surface area contributed by atoms with E-state index in [9.17, 15) is 29.5 Å². The Hall–Kier alpha value is -5.44. The molecule has 0 spiro atoms. The second-order valence-corrected chi connectivity index (χ2v) is 12.4. The van der Waals surface area contributed by atoms with Gasteiger partial charge in [0.15, 0.2) is 0 Å². The maximum Gasteiger partial charge on any atom is 0.336 e. The average molecular weight is 635 g/mol. The monoisotopic (exact) mass is 634 g/mol. The first-order valence-electron chi connectivity index (χ1n) is 13.7. The van der Waals surface area contributed by atoms with Gasteiger partial charge in [0.25, 0.3) is 11.8 Å². The van der Waals surface area contributed by atoms with Crippen molar-refractivity contribution in [3.8, 4) is 6.07 Å². The summed E-state index contributed by atoms with van der Waals surface area (Å²) in [5.74, 6) is -2.33. The molecular formula is C34H26N4O5S2. The van der Waals surface area contributed by atoms with Crippen LogP contribution in [0.15, 0.2) is 95.9 Å². The highest BCUT2D eigenvalue weighted by Crippen LogP contribution is 2.34. The first-order valence-corrected chi connectivity index (χ1v) is 15.4. The van der Waals surface area contributed by atoms with Crippen LogP contribution in [0.1, 0.15) is 48.4 Å². The van der Waals surface area contributed by atoms with E-state index in [4.69, 9.17) is 0 Å². The number of rotatable bonds is 9. The Kier molecular flexibility index (Phi) is 9.28. The van der Waals surface area contributed by atoms with E-state index in [1.54, 1.807) is 92.7 Å². The van der Waals surface area contributed by atoms with E-state index in [-0.39, 0.29) is 28.5 Å². The van der Waals surface area contributed by atoms with Crippen LogP contribution in [0.5, 0.6) is 0 Å². The Morgan fingerprint density at radius 1 is 0.822 bits per heavy atom. The van der Waals surface area contributed by atoms with Gasteiger partial charge in [0.1, 0.15) is 11.1 Å². The lowest BCUT2D eigenvalue weighted by Crippen LogP contribution is -2.22. The lowest BCUT2D eigenvalue weighted by atomic mass is 9.98. The fraction of sp³-hybridized carbons (Fsp3) is 0.0882. The molecule has 224 valence electrons. The minimum absolute atomic E-state index is 0.0341. The summed E-state index contributed by atoms with van der Waals surface area (Å²) in [7, 11) is 0. The largest absolute Gasteiger partial charge is 0.478 e. The third kappa shape index (κ3) is 6.88. The summed E-state index contributed by atoms with van der Waals surface area (Å²) in [6.45, 7) is 3.38. The molecule has 0 aliphatic heterocycles. The van der Waals surface area contributed by atoms with Crippen molar-refractivity contribution in [1.82, 2.24) is 0 Å². The number of aromatic carboxylic acids is 1. The Bertz CT molecular complexity index is 1990. The quantitative estimate of drug-likeness (QED) is 0.123. The summed E-state index contributed by atoms with van der Waals surface area (Å²) < 4.78 is 0. The Balaban J connectivity index is 1.28. The van der Waals surface area contributed by atoms with Gasteiger partial charge in [-0.05, 0) is 67.3 Å². The number of carbonyl (C=O) groups excluding carboxylic acids is 3. The number of hydrogen-bond acceptors (Lipinski definition) is 7. The van der Waals surface area contributed by atoms with Crippen molar-refractivity contribution in [2.24, 2.45) is 0 Å². The molecule has 4 N–H and O–H groups in total. The molecule has 1 atom stereocenters. The fourth-order valence-corrected chi connectivity index (χ4v) is 6.67. The summed E-state index contributed by atoms with van der Waals surface area (Å²) in [5, 5.41) is 28.5. The summed E-state index contributed by atoms with van der Waals surface area (Å²) >= 11 is 2.29. The number of anilines is 3. The lowest BCUT2D eigenvalue weighted by molar-refractivity contribution is -0.115. The molecule has 4 aromatic carbocycles. The van der Waals surface area contributed by atoms with E-state index >= 15 is 0 Å². The topological polar surface area (TPSA) is 148 Å². The van der Waals surface area contributed by atoms with Crippen molar-refractivity contribution in [3.05, 3.63) is 118 Å². The summed E-state index contributed by atoms with van der Waals surface area (Å²) in [6.07, 6.45) is 0. The van der Waals surface area contributed by atoms with Gasteiger partial charge in [-0.1, -0.05) is 48.5 Å². The third-order valence-electron chi connectivity index (χ3n) is 6.89. The second-order valence-electron chi connectivity index (χ2n) is 9.94. The van der Waals surface area contributed by atoms with Crippen LogP contribution in [0.3, 0.4) is 0 Å². The Morgan fingerprint density at radius 3 is 2.16 bits per heavy atom. The molecule has 1 unspecified atom stereocenters. The Morgan fingerprint density at radius 2 is 1.47 bits per heavy atom. The number of nitriles is 1. The molecule has 0 aliphatic carbocycles. The van der Waals surface area contributed by atoms with Crippen LogP contribution >= 0.6 is 23.1 Å². The molecule has 0 bridgehead atoms. The number of carboxylic acids is 1. The van der Waals surface area contributed by atoms with Crippen molar-refractivity contribution in [2.75, 3.05) is 16.0 Å². The third-order valence-corrected chi connectivity index (χ3v) is 9.19. The normalized spacial score (nSPS) is 11.3. The van der Waals surface area contributed by atoms with Crippen LogP contribution in [-0.4, -0.2) is 34.0 Å². The molecule has 5 aromatic rings. The van der Waals surface area contributed by atoms with Gasteiger partial charge >= 0.3 is 5.97 Å². The number of para-hydroxylation sites is 1. The van der Waals surface area contributed by atoms with Gasteiger partial charge in [-0.3, -0.25) is 14.4 Å². The molecule has 0 saturated heterocycles. The van der Waals surface area contributed by atoms with E-state index in [1.165, 1.54) is 17.8 Å². The van der Waals surface area contributed by atoms with Crippen molar-refractivity contribution in [1.29, 1.82) is 5.26 Å². The minimum Gasteiger partial charge on any atom is -0.478 e. The van der Waals surface area contributed by atoms with E-state index in [0.29, 0.717) is 42.5 Å². The van der Waals surface area contributed by atoms with E-state index in [1.807, 2.05) is 6.07 Å². The molecule has 3 amide bonds. The zero-order valence-corrected chi connectivity index (χ0v) is 25.7. The standard InChI is InChI=1S/C34H26N4O5S2/c1-19-27(18-35)33(45-29(19)32(41)36-22-11-4-3-5-12-22)38-30(39)20(2)44-24-14-8-13-23(17-24)37-31(40)25-15-6-9-21-10-7-16-26(28(21)25)34(42)43/h3-17,20H,1-2H3,(H,36,41)(H,37,40)(H,38,39)(H,42,43). The minimum atomic E-state index is -1.13. The van der Waals surface area contributed by atoms with Crippen LogP contribution in [0.2, 0.25) is 0 Å². The van der Waals surface area contributed by atoms with E-state index < -0.39 is 17.1 Å². The smallest absolute Gasteiger partial charge is 0.336 e. The second kappa shape index (κ2) is 13.5.